The number of rotatable bonds is 3. The number of hydrogen-bond acceptors (Lipinski definition) is 2. The molecule has 0 saturated carbocycles. The molecular weight excluding hydrogens is 126 g/mol. The van der Waals surface area contributed by atoms with Crippen LogP contribution in [-0.2, 0) is 4.74 Å². The highest BCUT2D eigenvalue weighted by atomic mass is 16.5. The molecule has 0 spiro atoms. The van der Waals surface area contributed by atoms with E-state index < -0.39 is 0 Å². The summed E-state index contributed by atoms with van der Waals surface area (Å²) in [6.07, 6.45) is 0.951. The van der Waals surface area contributed by atoms with Crippen molar-refractivity contribution in [2.24, 2.45) is 0 Å². The molecule has 0 aliphatic carbocycles. The summed E-state index contributed by atoms with van der Waals surface area (Å²) in [6.45, 7) is 4.61. The highest BCUT2D eigenvalue weighted by Crippen LogP contribution is 1.98. The molecule has 1 aliphatic rings. The van der Waals surface area contributed by atoms with Crippen molar-refractivity contribution in [2.75, 3.05) is 19.8 Å². The molecule has 0 radical (unpaired) electrons. The molecule has 1 saturated heterocycles. The van der Waals surface area contributed by atoms with Gasteiger partial charge in [-0.1, -0.05) is 0 Å². The minimum atomic E-state index is 0.596. The van der Waals surface area contributed by atoms with Crippen LogP contribution < -0.4 is 5.32 Å². The fourth-order valence-electron chi connectivity index (χ4n) is 0.817. The largest absolute Gasteiger partial charge is 0.378 e. The predicted octanol–water partition coefficient (Wildman–Crippen LogP) is 0.388. The van der Waals surface area contributed by atoms with Gasteiger partial charge >= 0.3 is 0 Å². The maximum absolute atomic E-state index is 4.99. The lowest BCUT2D eigenvalue weighted by Gasteiger charge is -2.26. The van der Waals surface area contributed by atoms with Crippen LogP contribution in [0.25, 0.3) is 0 Å². The van der Waals surface area contributed by atoms with Crippen LogP contribution in [0.15, 0.2) is 0 Å². The molecule has 1 heterocycles. The van der Waals surface area contributed by atoms with Gasteiger partial charge in [0, 0.05) is 13.0 Å². The second kappa shape index (κ2) is 4.32. The van der Waals surface area contributed by atoms with E-state index in [1.807, 2.05) is 6.92 Å². The molecule has 1 fully saturated rings. The normalized spacial score (nSPS) is 17.3. The van der Waals surface area contributed by atoms with Crippen molar-refractivity contribution in [3.63, 3.8) is 0 Å². The maximum Gasteiger partial charge on any atom is 0.0643 e. The topological polar surface area (TPSA) is 21.3 Å². The summed E-state index contributed by atoms with van der Waals surface area (Å²) in [4.78, 5) is 0. The van der Waals surface area contributed by atoms with Gasteiger partial charge in [0.15, 0.2) is 0 Å². The van der Waals surface area contributed by atoms with Gasteiger partial charge in [0.05, 0.1) is 19.3 Å². The predicted molar refractivity (Wildman–Crippen MR) is 40.7 cm³/mol. The van der Waals surface area contributed by atoms with E-state index in [0.29, 0.717) is 6.04 Å². The van der Waals surface area contributed by atoms with Crippen LogP contribution in [0.5, 0.6) is 0 Å². The van der Waals surface area contributed by atoms with E-state index in [1.165, 1.54) is 0 Å². The van der Waals surface area contributed by atoms with Crippen LogP contribution in [0.4, 0.5) is 0 Å². The van der Waals surface area contributed by atoms with Gasteiger partial charge in [0.1, 0.15) is 0 Å². The summed E-state index contributed by atoms with van der Waals surface area (Å²) in [7, 11) is 0. The zero-order chi connectivity index (χ0) is 7.23. The number of ether oxygens (including phenoxy) is 1. The Kier molecular flexibility index (Phi) is 3.28. The summed E-state index contributed by atoms with van der Waals surface area (Å²) in [5.41, 5.74) is 0. The average molecular weight is 139 g/mol. The second-order valence-corrected chi connectivity index (χ2v) is 2.37. The van der Waals surface area contributed by atoms with Crippen molar-refractivity contribution < 1.29 is 4.74 Å². The molecule has 2 nitrogen and oxygen atoms in total. The first-order valence-corrected chi connectivity index (χ1v) is 3.64. The Hall–Kier alpha value is -0.520. The van der Waals surface area contributed by atoms with Crippen molar-refractivity contribution in [2.45, 2.75) is 19.4 Å². The summed E-state index contributed by atoms with van der Waals surface area (Å²) in [5.74, 6) is 5.85. The van der Waals surface area contributed by atoms with Crippen molar-refractivity contribution in [3.05, 3.63) is 0 Å². The number of hydrogen-bond donors (Lipinski definition) is 1. The van der Waals surface area contributed by atoms with E-state index in [4.69, 9.17) is 4.74 Å². The van der Waals surface area contributed by atoms with Gasteiger partial charge in [-0.15, -0.1) is 11.8 Å². The summed E-state index contributed by atoms with van der Waals surface area (Å²) < 4.78 is 4.99. The van der Waals surface area contributed by atoms with Gasteiger partial charge in [-0.2, -0.15) is 0 Å². The fraction of sp³-hybridized carbons (Fsp3) is 0.750. The summed E-state index contributed by atoms with van der Waals surface area (Å²) in [6, 6.07) is 0.596. The molecule has 0 aromatic rings. The summed E-state index contributed by atoms with van der Waals surface area (Å²) >= 11 is 0. The third kappa shape index (κ3) is 2.38. The van der Waals surface area contributed by atoms with E-state index in [-0.39, 0.29) is 0 Å². The first kappa shape index (κ1) is 7.59. The van der Waals surface area contributed by atoms with Gasteiger partial charge in [-0.05, 0) is 6.92 Å². The third-order valence-electron chi connectivity index (χ3n) is 1.50. The summed E-state index contributed by atoms with van der Waals surface area (Å²) in [5, 5.41) is 3.33. The fourth-order valence-corrected chi connectivity index (χ4v) is 0.817. The molecule has 0 aromatic heterocycles. The van der Waals surface area contributed by atoms with E-state index in [1.54, 1.807) is 0 Å². The molecule has 0 amide bonds. The molecule has 0 aromatic carbocycles. The minimum Gasteiger partial charge on any atom is -0.378 e. The molecule has 0 bridgehead atoms. The third-order valence-corrected chi connectivity index (χ3v) is 1.50. The number of nitrogens with one attached hydrogen (secondary N) is 1. The average Bonchev–Trinajstić information content (AvgIpc) is 1.84. The Morgan fingerprint density at radius 3 is 2.90 bits per heavy atom. The molecule has 1 rings (SSSR count). The first-order chi connectivity index (χ1) is 4.93. The van der Waals surface area contributed by atoms with Crippen LogP contribution in [0.1, 0.15) is 13.3 Å². The van der Waals surface area contributed by atoms with Gasteiger partial charge in [-0.3, -0.25) is 0 Å². The van der Waals surface area contributed by atoms with Gasteiger partial charge in [0.25, 0.3) is 0 Å². The lowest BCUT2D eigenvalue weighted by Crippen LogP contribution is -2.46. The molecule has 1 aliphatic heterocycles. The van der Waals surface area contributed by atoms with Crippen LogP contribution in [-0.4, -0.2) is 25.8 Å². The zero-order valence-electron chi connectivity index (χ0n) is 6.31. The quantitative estimate of drug-likeness (QED) is 0.451. The van der Waals surface area contributed by atoms with Crippen molar-refractivity contribution in [1.82, 2.24) is 5.32 Å². The Balaban J connectivity index is 1.88. The Bertz CT molecular complexity index is 141. The van der Waals surface area contributed by atoms with Gasteiger partial charge in [-0.25, -0.2) is 0 Å². The Morgan fingerprint density at radius 2 is 2.40 bits per heavy atom. The van der Waals surface area contributed by atoms with Gasteiger partial charge in [0.2, 0.25) is 0 Å². The smallest absolute Gasteiger partial charge is 0.0643 e. The Labute approximate surface area is 62.0 Å². The highest BCUT2D eigenvalue weighted by Gasteiger charge is 2.15. The van der Waals surface area contributed by atoms with E-state index in [9.17, 15) is 0 Å². The van der Waals surface area contributed by atoms with Crippen molar-refractivity contribution in [3.8, 4) is 11.8 Å². The highest BCUT2D eigenvalue weighted by molar-refractivity contribution is 4.95. The van der Waals surface area contributed by atoms with Crippen molar-refractivity contribution in [1.29, 1.82) is 0 Å². The van der Waals surface area contributed by atoms with Gasteiger partial charge < -0.3 is 10.1 Å². The monoisotopic (exact) mass is 139 g/mol. The maximum atomic E-state index is 4.99. The molecule has 0 atom stereocenters. The van der Waals surface area contributed by atoms with Crippen LogP contribution >= 0.6 is 0 Å². The van der Waals surface area contributed by atoms with E-state index in [0.717, 1.165) is 26.2 Å². The lowest BCUT2D eigenvalue weighted by molar-refractivity contribution is -0.00455. The Morgan fingerprint density at radius 1 is 1.60 bits per heavy atom. The molecule has 10 heavy (non-hydrogen) atoms. The first-order valence-electron chi connectivity index (χ1n) is 3.64. The standard InChI is InChI=1S/C8H13NO/c1-2-3-4-5-9-8-6-10-7-8/h8-9H,4-7H2,1H3. The molecular formula is C8H13NO. The molecule has 1 N–H and O–H groups in total. The SMILES string of the molecule is CC#CCCNC1COC1. The zero-order valence-corrected chi connectivity index (χ0v) is 6.31. The minimum absolute atomic E-state index is 0.596. The van der Waals surface area contributed by atoms with Crippen LogP contribution in [0, 0.1) is 11.8 Å². The van der Waals surface area contributed by atoms with Crippen LogP contribution in [0.3, 0.4) is 0 Å². The second-order valence-electron chi connectivity index (χ2n) is 2.37. The van der Waals surface area contributed by atoms with E-state index >= 15 is 0 Å². The van der Waals surface area contributed by atoms with Crippen LogP contribution in [0.2, 0.25) is 0 Å². The molecule has 56 valence electrons. The lowest BCUT2D eigenvalue weighted by atomic mass is 10.2. The van der Waals surface area contributed by atoms with Crippen molar-refractivity contribution >= 4 is 0 Å². The molecule has 0 unspecified atom stereocenters. The van der Waals surface area contributed by atoms with E-state index in [2.05, 4.69) is 17.2 Å². The molecule has 2 heteroatoms.